The van der Waals surface area contributed by atoms with Gasteiger partial charge in [-0.25, -0.2) is 0 Å². The maximum absolute atomic E-state index is 14.5. The Morgan fingerprint density at radius 2 is 0.963 bits per heavy atom. The minimum absolute atomic E-state index is 0.110. The predicted octanol–water partition coefficient (Wildman–Crippen LogP) is 0.290. The van der Waals surface area contributed by atoms with Crippen molar-refractivity contribution in [2.45, 2.75) is 240 Å². The summed E-state index contributed by atoms with van der Waals surface area (Å²) in [5, 5.41) is 34.1. The highest BCUT2D eigenvalue weighted by Gasteiger charge is 2.46. The van der Waals surface area contributed by atoms with Crippen LogP contribution in [0.1, 0.15) is 175 Å². The van der Waals surface area contributed by atoms with Crippen LogP contribution >= 0.6 is 0 Å². The number of nitrogens with two attached hydrogens (primary N) is 1. The fourth-order valence-corrected chi connectivity index (χ4v) is 10.1. The smallest absolute Gasteiger partial charge is 0.248 e. The summed E-state index contributed by atoms with van der Waals surface area (Å²) < 4.78 is 0. The number of primary amides is 1. The second-order valence-electron chi connectivity index (χ2n) is 25.5. The summed E-state index contributed by atoms with van der Waals surface area (Å²) >= 11 is 0. The Morgan fingerprint density at radius 1 is 0.524 bits per heavy atom. The number of carbonyl (C=O) groups excluding carboxylic acids is 12. The van der Waals surface area contributed by atoms with E-state index in [-0.39, 0.29) is 62.6 Å². The van der Waals surface area contributed by atoms with Crippen LogP contribution in [0.2, 0.25) is 0 Å². The fourth-order valence-electron chi connectivity index (χ4n) is 10.1. The summed E-state index contributed by atoms with van der Waals surface area (Å²) in [6.45, 7) is 28.2. The largest absolute Gasteiger partial charge is 0.394 e. The van der Waals surface area contributed by atoms with Gasteiger partial charge in [0.05, 0.1) is 19.1 Å². The lowest BCUT2D eigenvalue weighted by Gasteiger charge is -2.36. The summed E-state index contributed by atoms with van der Waals surface area (Å²) in [4.78, 5) is 166. The highest BCUT2D eigenvalue weighted by atomic mass is 16.3. The van der Waals surface area contributed by atoms with Gasteiger partial charge in [-0.1, -0.05) is 75.7 Å². The SMILES string of the molecule is CC[C@H](C)[C@H](NC(=O)[C@H](CC(N)=O)NC(=O)C(C)(C)NC(C)=O)C(=O)N[C@H](C(=O)NC(C)(C)C(=O)N1CCC[C@H]1C(=O)N[C@@H](CC(C)C)C(=O)N[C@@H](CC(C)C)C(=O)NC(C)(C)C(=O)N1CCC[C@H]1C(=O)N[C@H](CO)CC(C)C)C(C)C. The highest BCUT2D eigenvalue weighted by Crippen LogP contribution is 2.25. The van der Waals surface area contributed by atoms with Crippen molar-refractivity contribution in [1.82, 2.24) is 57.7 Å². The molecule has 25 nitrogen and oxygen atoms in total. The van der Waals surface area contributed by atoms with Gasteiger partial charge in [-0.2, -0.15) is 0 Å². The molecule has 82 heavy (non-hydrogen) atoms. The Bertz CT molecular complexity index is 2300. The Hall–Kier alpha value is -6.40. The highest BCUT2D eigenvalue weighted by molar-refractivity contribution is 6.01. The first-order valence-electron chi connectivity index (χ1n) is 29.1. The zero-order valence-electron chi connectivity index (χ0n) is 51.8. The molecule has 0 aliphatic carbocycles. The maximum Gasteiger partial charge on any atom is 0.248 e. The van der Waals surface area contributed by atoms with Crippen molar-refractivity contribution in [3.8, 4) is 0 Å². The van der Waals surface area contributed by atoms with Gasteiger partial charge in [0, 0.05) is 20.0 Å². The lowest BCUT2D eigenvalue weighted by Crippen LogP contribution is -2.64. The van der Waals surface area contributed by atoms with Crippen molar-refractivity contribution in [2.75, 3.05) is 19.7 Å². The monoisotopic (exact) mass is 1160 g/mol. The molecule has 0 radical (unpaired) electrons. The Kier molecular flexibility index (Phi) is 27.4. The molecule has 0 aromatic carbocycles. The van der Waals surface area contributed by atoms with Gasteiger partial charge in [0.15, 0.2) is 0 Å². The molecule has 0 spiro atoms. The molecule has 0 aromatic heterocycles. The lowest BCUT2D eigenvalue weighted by molar-refractivity contribution is -0.146. The van der Waals surface area contributed by atoms with Gasteiger partial charge in [0.2, 0.25) is 70.9 Å². The van der Waals surface area contributed by atoms with Crippen molar-refractivity contribution < 1.29 is 62.6 Å². The molecule has 12 N–H and O–H groups in total. The van der Waals surface area contributed by atoms with E-state index in [1.165, 1.54) is 58.3 Å². The van der Waals surface area contributed by atoms with Crippen LogP contribution in [0.3, 0.4) is 0 Å². The molecule has 2 saturated heterocycles. The van der Waals surface area contributed by atoms with Crippen LogP contribution in [0.4, 0.5) is 0 Å². The molecular formula is C57H100N12O13. The molecule has 466 valence electrons. The Balaban J connectivity index is 2.29. The molecule has 2 rings (SSSR count). The second-order valence-corrected chi connectivity index (χ2v) is 25.5. The molecule has 2 heterocycles. The summed E-state index contributed by atoms with van der Waals surface area (Å²) in [5.74, 6) is -9.33. The summed E-state index contributed by atoms with van der Waals surface area (Å²) in [7, 11) is 0. The first-order chi connectivity index (χ1) is 37.8. The lowest BCUT2D eigenvalue weighted by atomic mass is 9.95. The number of likely N-dealkylation sites (tertiary alicyclic amines) is 2. The molecule has 25 heteroatoms. The second kappa shape index (κ2) is 31.3. The zero-order valence-corrected chi connectivity index (χ0v) is 51.8. The van der Waals surface area contributed by atoms with Crippen LogP contribution in [0.25, 0.3) is 0 Å². The van der Waals surface area contributed by atoms with Crippen LogP contribution in [0.15, 0.2) is 0 Å². The van der Waals surface area contributed by atoms with Gasteiger partial charge in [0.25, 0.3) is 0 Å². The first kappa shape index (κ1) is 71.7. The Morgan fingerprint density at radius 3 is 1.39 bits per heavy atom. The fraction of sp³-hybridized carbons (Fsp3) is 0.789. The number of hydrogen-bond donors (Lipinski definition) is 11. The van der Waals surface area contributed by atoms with Crippen molar-refractivity contribution in [3.05, 3.63) is 0 Å². The summed E-state index contributed by atoms with van der Waals surface area (Å²) in [5.41, 5.74) is 0.758. The molecule has 0 aromatic rings. The molecule has 12 amide bonds. The molecular weight excluding hydrogens is 1060 g/mol. The number of rotatable bonds is 31. The third-order valence-corrected chi connectivity index (χ3v) is 14.7. The molecule has 9 atom stereocenters. The van der Waals surface area contributed by atoms with Crippen molar-refractivity contribution in [2.24, 2.45) is 35.3 Å². The molecule has 2 fully saturated rings. The van der Waals surface area contributed by atoms with E-state index in [9.17, 15) is 62.6 Å². The van der Waals surface area contributed by atoms with E-state index in [0.717, 1.165) is 0 Å². The predicted molar refractivity (Wildman–Crippen MR) is 307 cm³/mol. The van der Waals surface area contributed by atoms with Gasteiger partial charge in [-0.3, -0.25) is 57.5 Å². The zero-order chi connectivity index (χ0) is 62.9. The molecule has 0 saturated carbocycles. The van der Waals surface area contributed by atoms with E-state index < -0.39 is 148 Å². The number of hydrogen-bond acceptors (Lipinski definition) is 13. The van der Waals surface area contributed by atoms with E-state index in [1.807, 2.05) is 41.5 Å². The number of carbonyl (C=O) groups is 12. The van der Waals surface area contributed by atoms with Gasteiger partial charge >= 0.3 is 0 Å². The third-order valence-electron chi connectivity index (χ3n) is 14.7. The topological polar surface area (TPSA) is 366 Å². The molecule has 0 unspecified atom stereocenters. The minimum Gasteiger partial charge on any atom is -0.394 e. The first-order valence-corrected chi connectivity index (χ1v) is 29.1. The average Bonchev–Trinajstić information content (AvgIpc) is 4.13. The van der Waals surface area contributed by atoms with Gasteiger partial charge < -0.3 is 68.5 Å². The van der Waals surface area contributed by atoms with Gasteiger partial charge in [0.1, 0.15) is 58.9 Å². The van der Waals surface area contributed by atoms with Gasteiger partial charge in [-0.15, -0.1) is 0 Å². The number of aliphatic hydroxyl groups is 1. The Labute approximate surface area is 485 Å². The van der Waals surface area contributed by atoms with E-state index >= 15 is 0 Å². The van der Waals surface area contributed by atoms with E-state index in [2.05, 4.69) is 47.9 Å². The number of aliphatic hydroxyl groups excluding tert-OH is 1. The number of amides is 12. The molecule has 2 aliphatic heterocycles. The number of nitrogens with zero attached hydrogens (tertiary/aromatic N) is 2. The van der Waals surface area contributed by atoms with Crippen LogP contribution in [-0.2, 0) is 57.5 Å². The van der Waals surface area contributed by atoms with Crippen LogP contribution in [0.5, 0.6) is 0 Å². The van der Waals surface area contributed by atoms with Crippen molar-refractivity contribution in [1.29, 1.82) is 0 Å². The van der Waals surface area contributed by atoms with Crippen LogP contribution in [0, 0.1) is 29.6 Å². The maximum atomic E-state index is 14.5. The van der Waals surface area contributed by atoms with Crippen molar-refractivity contribution in [3.63, 3.8) is 0 Å². The van der Waals surface area contributed by atoms with E-state index in [4.69, 9.17) is 5.73 Å². The van der Waals surface area contributed by atoms with Crippen molar-refractivity contribution >= 4 is 70.9 Å². The van der Waals surface area contributed by atoms with Gasteiger partial charge in [-0.05, 0) is 116 Å². The number of nitrogens with one attached hydrogen (secondary N) is 9. The van der Waals surface area contributed by atoms with Crippen LogP contribution < -0.4 is 53.6 Å². The third kappa shape index (κ3) is 21.4. The van der Waals surface area contributed by atoms with Crippen LogP contribution in [-0.4, -0.2) is 170 Å². The summed E-state index contributed by atoms with van der Waals surface area (Å²) in [6.07, 6.45) is 2.19. The molecule has 2 aliphatic rings. The molecule has 0 bridgehead atoms. The standard InChI is InChI=1S/C57H100N12O13/c1-18-34(10)44(64-46(74)39(28-42(58)72)62-52(80)55(12,13)65-35(11)71)50(78)63-43(33(8)9)51(79)67-57(16,17)54(82)69-24-20-22-41(69)49(77)61-37(26-31(4)5)45(73)60-38(27-32(6)7)47(75)66-56(14,15)53(81)68-23-19-21-40(68)48(76)59-36(29-70)25-30(2)3/h30-34,36-41,43-44,70H,18-29H2,1-17H3,(H2,58,72)(H,59,76)(H,60,73)(H,61,77)(H,62,80)(H,63,78)(H,64,74)(H,65,71)(H,66,75)(H,67,79)/t34-,36-,37-,38-,39-,40-,41-,43-,44-/m0/s1. The van der Waals surface area contributed by atoms with E-state index in [0.29, 0.717) is 32.1 Å². The summed E-state index contributed by atoms with van der Waals surface area (Å²) in [6, 6.07) is -8.74. The quantitative estimate of drug-likeness (QED) is 0.0445. The normalized spacial score (nSPS) is 18.3. The minimum atomic E-state index is -1.66. The average molecular weight is 1160 g/mol. The van der Waals surface area contributed by atoms with E-state index in [1.54, 1.807) is 27.7 Å².